The summed E-state index contributed by atoms with van der Waals surface area (Å²) in [5.74, 6) is 0.923. The number of imidazole rings is 1. The number of hydrogen-bond acceptors (Lipinski definition) is 1. The van der Waals surface area contributed by atoms with Gasteiger partial charge in [-0.25, -0.2) is 4.98 Å². The molecule has 0 fully saturated rings. The first kappa shape index (κ1) is 9.46. The van der Waals surface area contributed by atoms with E-state index in [1.54, 1.807) is 0 Å². The Labute approximate surface area is 91.5 Å². The van der Waals surface area contributed by atoms with Gasteiger partial charge in [0.1, 0.15) is 5.82 Å². The maximum atomic E-state index is 4.29. The van der Waals surface area contributed by atoms with Gasteiger partial charge in [0.2, 0.25) is 0 Å². The van der Waals surface area contributed by atoms with Crippen LogP contribution in [0.5, 0.6) is 0 Å². The summed E-state index contributed by atoms with van der Waals surface area (Å²) in [7, 11) is 0. The molecule has 1 N–H and O–H groups in total. The maximum absolute atomic E-state index is 4.29. The molecule has 0 spiro atoms. The van der Waals surface area contributed by atoms with Gasteiger partial charge in [0.25, 0.3) is 0 Å². The van der Waals surface area contributed by atoms with Crippen LogP contribution in [0.4, 0.5) is 0 Å². The van der Waals surface area contributed by atoms with Crippen LogP contribution in [0.15, 0.2) is 28.9 Å². The zero-order chi connectivity index (χ0) is 10.1. The molecule has 1 aromatic heterocycles. The topological polar surface area (TPSA) is 28.7 Å². The van der Waals surface area contributed by atoms with Gasteiger partial charge in [-0.2, -0.15) is 0 Å². The molecule has 0 radical (unpaired) electrons. The highest BCUT2D eigenvalue weighted by Crippen LogP contribution is 2.22. The van der Waals surface area contributed by atoms with Crippen LogP contribution in [0.2, 0.25) is 0 Å². The Morgan fingerprint density at radius 2 is 2.00 bits per heavy atom. The van der Waals surface area contributed by atoms with Crippen LogP contribution >= 0.6 is 15.9 Å². The Bertz CT molecular complexity index is 440. The predicted octanol–water partition coefficient (Wildman–Crippen LogP) is 3.46. The molecular weight excluding hydrogens is 240 g/mol. The first-order valence-corrected chi connectivity index (χ1v) is 5.23. The molecule has 0 saturated heterocycles. The molecule has 0 saturated carbocycles. The quantitative estimate of drug-likeness (QED) is 0.826. The van der Waals surface area contributed by atoms with Gasteiger partial charge in [-0.3, -0.25) is 0 Å². The molecule has 14 heavy (non-hydrogen) atoms. The second-order valence-corrected chi connectivity index (χ2v) is 4.35. The molecule has 2 aromatic rings. The highest BCUT2D eigenvalue weighted by molar-refractivity contribution is 9.10. The summed E-state index contributed by atoms with van der Waals surface area (Å²) in [5, 5.41) is 0. The lowest BCUT2D eigenvalue weighted by atomic mass is 10.1. The number of rotatable bonds is 1. The predicted molar refractivity (Wildman–Crippen MR) is 61.2 cm³/mol. The van der Waals surface area contributed by atoms with Crippen LogP contribution in [0, 0.1) is 13.8 Å². The number of nitrogens with one attached hydrogen (secondary N) is 1. The Morgan fingerprint density at radius 1 is 1.21 bits per heavy atom. The highest BCUT2D eigenvalue weighted by Gasteiger charge is 2.02. The monoisotopic (exact) mass is 250 g/mol. The summed E-state index contributed by atoms with van der Waals surface area (Å²) >= 11 is 3.48. The Hall–Kier alpha value is -1.09. The minimum absolute atomic E-state index is 0.923. The van der Waals surface area contributed by atoms with Crippen molar-refractivity contribution in [2.75, 3.05) is 0 Å². The Balaban J connectivity index is 2.51. The van der Waals surface area contributed by atoms with Gasteiger partial charge in [-0.1, -0.05) is 15.9 Å². The molecule has 2 nitrogen and oxygen atoms in total. The molecule has 0 bridgehead atoms. The van der Waals surface area contributed by atoms with E-state index in [1.165, 1.54) is 5.56 Å². The van der Waals surface area contributed by atoms with Crippen molar-refractivity contribution in [3.63, 3.8) is 0 Å². The van der Waals surface area contributed by atoms with Crippen LogP contribution in [-0.2, 0) is 0 Å². The lowest BCUT2D eigenvalue weighted by Crippen LogP contribution is -1.82. The number of H-pyrrole nitrogens is 1. The molecule has 1 heterocycles. The van der Waals surface area contributed by atoms with Gasteiger partial charge < -0.3 is 4.98 Å². The van der Waals surface area contributed by atoms with E-state index in [0.29, 0.717) is 0 Å². The fourth-order valence-corrected chi connectivity index (χ4v) is 2.04. The van der Waals surface area contributed by atoms with E-state index in [0.717, 1.165) is 21.6 Å². The van der Waals surface area contributed by atoms with E-state index in [2.05, 4.69) is 51.0 Å². The van der Waals surface area contributed by atoms with Crippen LogP contribution < -0.4 is 0 Å². The summed E-state index contributed by atoms with van der Waals surface area (Å²) in [5.41, 5.74) is 3.42. The zero-order valence-electron chi connectivity index (χ0n) is 8.13. The zero-order valence-corrected chi connectivity index (χ0v) is 9.72. The Kier molecular flexibility index (Phi) is 2.42. The Morgan fingerprint density at radius 3 is 2.57 bits per heavy atom. The third-order valence-electron chi connectivity index (χ3n) is 2.02. The van der Waals surface area contributed by atoms with Crippen molar-refractivity contribution in [1.82, 2.24) is 9.97 Å². The average Bonchev–Trinajstić information content (AvgIpc) is 2.50. The van der Waals surface area contributed by atoms with Gasteiger partial charge in [0.05, 0.1) is 0 Å². The number of aryl methyl sites for hydroxylation is 2. The summed E-state index contributed by atoms with van der Waals surface area (Å²) in [6, 6.07) is 6.26. The molecule has 0 aliphatic carbocycles. The molecule has 72 valence electrons. The highest BCUT2D eigenvalue weighted by atomic mass is 79.9. The van der Waals surface area contributed by atoms with E-state index in [9.17, 15) is 0 Å². The van der Waals surface area contributed by atoms with E-state index in [1.807, 2.05) is 13.1 Å². The summed E-state index contributed by atoms with van der Waals surface area (Å²) in [6.45, 7) is 4.07. The first-order chi connectivity index (χ1) is 6.65. The van der Waals surface area contributed by atoms with Crippen molar-refractivity contribution in [2.45, 2.75) is 13.8 Å². The minimum Gasteiger partial charge on any atom is -0.342 e. The van der Waals surface area contributed by atoms with Gasteiger partial charge in [0, 0.05) is 21.9 Å². The minimum atomic E-state index is 0.923. The van der Waals surface area contributed by atoms with Crippen LogP contribution in [-0.4, -0.2) is 9.97 Å². The van der Waals surface area contributed by atoms with Crippen molar-refractivity contribution in [3.8, 4) is 11.4 Å². The number of nitrogens with zero attached hydrogens (tertiary/aromatic N) is 1. The second kappa shape index (κ2) is 3.58. The average molecular weight is 251 g/mol. The van der Waals surface area contributed by atoms with Crippen molar-refractivity contribution in [1.29, 1.82) is 0 Å². The fourth-order valence-electron chi connectivity index (χ4n) is 1.43. The van der Waals surface area contributed by atoms with Gasteiger partial charge in [-0.15, -0.1) is 0 Å². The normalized spacial score (nSPS) is 10.5. The van der Waals surface area contributed by atoms with Gasteiger partial charge >= 0.3 is 0 Å². The molecule has 0 unspecified atom stereocenters. The van der Waals surface area contributed by atoms with E-state index >= 15 is 0 Å². The standard InChI is InChI=1S/C11H11BrN2/c1-7-3-9(5-10(12)4-7)11-13-6-8(2)14-11/h3-6H,1-2H3,(H,13,14). The first-order valence-electron chi connectivity index (χ1n) is 4.44. The van der Waals surface area contributed by atoms with Crippen molar-refractivity contribution in [3.05, 3.63) is 40.1 Å². The van der Waals surface area contributed by atoms with Crippen molar-refractivity contribution in [2.24, 2.45) is 0 Å². The lowest BCUT2D eigenvalue weighted by Gasteiger charge is -2.00. The van der Waals surface area contributed by atoms with Crippen molar-refractivity contribution < 1.29 is 0 Å². The maximum Gasteiger partial charge on any atom is 0.137 e. The lowest BCUT2D eigenvalue weighted by molar-refractivity contribution is 1.25. The molecule has 0 atom stereocenters. The number of hydrogen-bond donors (Lipinski definition) is 1. The van der Waals surface area contributed by atoms with Crippen LogP contribution in [0.25, 0.3) is 11.4 Å². The van der Waals surface area contributed by atoms with Crippen molar-refractivity contribution >= 4 is 15.9 Å². The summed E-state index contributed by atoms with van der Waals surface area (Å²) in [4.78, 5) is 7.51. The fraction of sp³-hybridized carbons (Fsp3) is 0.182. The van der Waals surface area contributed by atoms with E-state index < -0.39 is 0 Å². The molecule has 0 aliphatic heterocycles. The number of halogens is 1. The molecule has 3 heteroatoms. The molecule has 1 aromatic carbocycles. The molecule has 2 rings (SSSR count). The number of benzene rings is 1. The van der Waals surface area contributed by atoms with E-state index in [-0.39, 0.29) is 0 Å². The van der Waals surface area contributed by atoms with Gasteiger partial charge in [0.15, 0.2) is 0 Å². The number of aromatic nitrogens is 2. The molecule has 0 aliphatic rings. The smallest absolute Gasteiger partial charge is 0.137 e. The SMILES string of the molecule is Cc1cc(Br)cc(-c2ncc(C)[nH]2)c1. The second-order valence-electron chi connectivity index (χ2n) is 3.43. The summed E-state index contributed by atoms with van der Waals surface area (Å²) < 4.78 is 1.08. The number of aromatic amines is 1. The molecule has 0 amide bonds. The largest absolute Gasteiger partial charge is 0.342 e. The van der Waals surface area contributed by atoms with Gasteiger partial charge in [-0.05, 0) is 37.6 Å². The van der Waals surface area contributed by atoms with E-state index in [4.69, 9.17) is 0 Å². The van der Waals surface area contributed by atoms with Crippen LogP contribution in [0.1, 0.15) is 11.3 Å². The third-order valence-corrected chi connectivity index (χ3v) is 2.48. The van der Waals surface area contributed by atoms with Crippen LogP contribution in [0.3, 0.4) is 0 Å². The molecular formula is C11H11BrN2. The summed E-state index contributed by atoms with van der Waals surface area (Å²) in [6.07, 6.45) is 1.84. The third kappa shape index (κ3) is 1.87.